The number of para-hydroxylation sites is 1. The first-order chi connectivity index (χ1) is 9.18. The maximum Gasteiger partial charge on any atom is 0.223 e. The number of nitrogens with zero attached hydrogens (tertiary/aromatic N) is 1. The quantitative estimate of drug-likeness (QED) is 0.807. The van der Waals surface area contributed by atoms with Crippen molar-refractivity contribution in [1.29, 1.82) is 0 Å². The van der Waals surface area contributed by atoms with Crippen LogP contribution in [-0.4, -0.2) is 44.7 Å². The molecule has 0 spiro atoms. The van der Waals surface area contributed by atoms with Crippen LogP contribution in [0.1, 0.15) is 12.0 Å². The van der Waals surface area contributed by atoms with Gasteiger partial charge in [-0.3, -0.25) is 4.79 Å². The smallest absolute Gasteiger partial charge is 0.223 e. The number of carbonyl (C=O) groups excluding carboxylic acids is 1. The van der Waals surface area contributed by atoms with Crippen LogP contribution >= 0.6 is 0 Å². The number of ether oxygens (including phenoxy) is 2. The number of rotatable bonds is 5. The van der Waals surface area contributed by atoms with Crippen LogP contribution in [0.4, 0.5) is 0 Å². The molecule has 1 amide bonds. The van der Waals surface area contributed by atoms with Gasteiger partial charge in [-0.15, -0.1) is 0 Å². The van der Waals surface area contributed by atoms with Crippen LogP contribution in [0.2, 0.25) is 0 Å². The summed E-state index contributed by atoms with van der Waals surface area (Å²) in [6, 6.07) is 5.87. The Labute approximate surface area is 113 Å². The number of amides is 1. The van der Waals surface area contributed by atoms with E-state index in [-0.39, 0.29) is 5.91 Å². The molecule has 1 aromatic carbocycles. The Morgan fingerprint density at radius 2 is 2.11 bits per heavy atom. The molecule has 2 rings (SSSR count). The third-order valence-corrected chi connectivity index (χ3v) is 2.98. The van der Waals surface area contributed by atoms with Crippen molar-refractivity contribution in [2.24, 2.45) is 0 Å². The van der Waals surface area contributed by atoms with E-state index in [4.69, 9.17) is 9.47 Å². The van der Waals surface area contributed by atoms with Gasteiger partial charge in [0.05, 0.1) is 0 Å². The van der Waals surface area contributed by atoms with Gasteiger partial charge >= 0.3 is 0 Å². The van der Waals surface area contributed by atoms with Gasteiger partial charge in [-0.2, -0.15) is 0 Å². The van der Waals surface area contributed by atoms with Crippen LogP contribution in [-0.2, 0) is 11.3 Å². The fraction of sp³-hybridized carbons (Fsp3) is 0.500. The molecule has 1 N–H and O–H groups in total. The Kier molecular flexibility index (Phi) is 4.63. The van der Waals surface area contributed by atoms with Crippen molar-refractivity contribution in [3.8, 4) is 11.5 Å². The van der Waals surface area contributed by atoms with Crippen molar-refractivity contribution < 1.29 is 14.3 Å². The van der Waals surface area contributed by atoms with Crippen molar-refractivity contribution in [3.05, 3.63) is 23.8 Å². The highest BCUT2D eigenvalue weighted by Gasteiger charge is 2.15. The van der Waals surface area contributed by atoms with Gasteiger partial charge in [-0.1, -0.05) is 12.1 Å². The lowest BCUT2D eigenvalue weighted by molar-refractivity contribution is -0.128. The summed E-state index contributed by atoms with van der Waals surface area (Å²) in [7, 11) is 3.53. The Hall–Kier alpha value is -1.75. The van der Waals surface area contributed by atoms with E-state index in [9.17, 15) is 4.79 Å². The average molecular weight is 264 g/mol. The fourth-order valence-electron chi connectivity index (χ4n) is 1.92. The molecule has 0 unspecified atom stereocenters. The SMILES string of the molecule is CN(C)C(=O)CCNCc1cccc2c1OCCO2. The topological polar surface area (TPSA) is 50.8 Å². The van der Waals surface area contributed by atoms with Crippen molar-refractivity contribution in [2.45, 2.75) is 13.0 Å². The maximum absolute atomic E-state index is 11.4. The van der Waals surface area contributed by atoms with Gasteiger partial charge in [0.25, 0.3) is 0 Å². The van der Waals surface area contributed by atoms with Crippen LogP contribution in [0.5, 0.6) is 11.5 Å². The van der Waals surface area contributed by atoms with Gasteiger partial charge < -0.3 is 19.7 Å². The predicted octanol–water partition coefficient (Wildman–Crippen LogP) is 1.03. The summed E-state index contributed by atoms with van der Waals surface area (Å²) in [6.07, 6.45) is 0.499. The monoisotopic (exact) mass is 264 g/mol. The molecular formula is C14H20N2O3. The summed E-state index contributed by atoms with van der Waals surface area (Å²) in [6.45, 7) is 2.51. The number of carbonyl (C=O) groups is 1. The zero-order valence-corrected chi connectivity index (χ0v) is 11.4. The second-order valence-electron chi connectivity index (χ2n) is 4.66. The predicted molar refractivity (Wildman–Crippen MR) is 72.4 cm³/mol. The van der Waals surface area contributed by atoms with Crippen LogP contribution in [0.15, 0.2) is 18.2 Å². The summed E-state index contributed by atoms with van der Waals surface area (Å²) in [4.78, 5) is 13.0. The minimum atomic E-state index is 0.127. The number of fused-ring (bicyclic) bond motifs is 1. The lowest BCUT2D eigenvalue weighted by atomic mass is 10.1. The molecule has 0 aliphatic carbocycles. The minimum Gasteiger partial charge on any atom is -0.486 e. The van der Waals surface area contributed by atoms with Crippen LogP contribution in [0.3, 0.4) is 0 Å². The fourth-order valence-corrected chi connectivity index (χ4v) is 1.92. The lowest BCUT2D eigenvalue weighted by Gasteiger charge is -2.21. The largest absolute Gasteiger partial charge is 0.486 e. The third-order valence-electron chi connectivity index (χ3n) is 2.98. The zero-order chi connectivity index (χ0) is 13.7. The summed E-state index contributed by atoms with van der Waals surface area (Å²) < 4.78 is 11.2. The molecule has 5 heteroatoms. The summed E-state index contributed by atoms with van der Waals surface area (Å²) >= 11 is 0. The average Bonchev–Trinajstić information content (AvgIpc) is 2.43. The first-order valence-corrected chi connectivity index (χ1v) is 6.47. The highest BCUT2D eigenvalue weighted by molar-refractivity contribution is 5.75. The molecule has 1 aliphatic heterocycles. The molecule has 0 saturated carbocycles. The normalized spacial score (nSPS) is 13.2. The van der Waals surface area contributed by atoms with E-state index in [0.717, 1.165) is 17.1 Å². The van der Waals surface area contributed by atoms with Gasteiger partial charge in [0.1, 0.15) is 13.2 Å². The molecule has 1 aliphatic rings. The van der Waals surface area contributed by atoms with E-state index in [1.54, 1.807) is 19.0 Å². The van der Waals surface area contributed by atoms with Crippen molar-refractivity contribution in [1.82, 2.24) is 10.2 Å². The molecule has 104 valence electrons. The molecule has 1 aromatic rings. The standard InChI is InChI=1S/C14H20N2O3/c1-16(2)13(17)6-7-15-10-11-4-3-5-12-14(11)19-9-8-18-12/h3-5,15H,6-10H2,1-2H3. The number of benzene rings is 1. The molecule has 0 bridgehead atoms. The van der Waals surface area contributed by atoms with Crippen molar-refractivity contribution >= 4 is 5.91 Å². The second-order valence-corrected chi connectivity index (χ2v) is 4.66. The van der Waals surface area contributed by atoms with E-state index in [0.29, 0.717) is 32.7 Å². The first kappa shape index (κ1) is 13.7. The molecule has 0 radical (unpaired) electrons. The Morgan fingerprint density at radius 1 is 1.32 bits per heavy atom. The van der Waals surface area contributed by atoms with Crippen molar-refractivity contribution in [2.75, 3.05) is 33.9 Å². The molecule has 0 saturated heterocycles. The first-order valence-electron chi connectivity index (χ1n) is 6.47. The summed E-state index contributed by atoms with van der Waals surface area (Å²) in [5, 5.41) is 3.25. The van der Waals surface area contributed by atoms with E-state index >= 15 is 0 Å². The van der Waals surface area contributed by atoms with E-state index in [2.05, 4.69) is 5.32 Å². The highest BCUT2D eigenvalue weighted by Crippen LogP contribution is 2.33. The maximum atomic E-state index is 11.4. The summed E-state index contributed by atoms with van der Waals surface area (Å²) in [5.74, 6) is 1.75. The lowest BCUT2D eigenvalue weighted by Crippen LogP contribution is -2.26. The van der Waals surface area contributed by atoms with Gasteiger partial charge in [-0.25, -0.2) is 0 Å². The zero-order valence-electron chi connectivity index (χ0n) is 11.4. The van der Waals surface area contributed by atoms with Crippen LogP contribution < -0.4 is 14.8 Å². The van der Waals surface area contributed by atoms with E-state index in [1.807, 2.05) is 18.2 Å². The molecule has 0 fully saturated rings. The van der Waals surface area contributed by atoms with Crippen LogP contribution in [0.25, 0.3) is 0 Å². The summed E-state index contributed by atoms with van der Waals surface area (Å²) in [5.41, 5.74) is 1.06. The molecule has 19 heavy (non-hydrogen) atoms. The number of nitrogens with one attached hydrogen (secondary N) is 1. The van der Waals surface area contributed by atoms with Gasteiger partial charge in [0.15, 0.2) is 11.5 Å². The van der Waals surface area contributed by atoms with E-state index in [1.165, 1.54) is 0 Å². The number of hydrogen-bond acceptors (Lipinski definition) is 4. The molecule has 0 atom stereocenters. The Bertz CT molecular complexity index is 446. The van der Waals surface area contributed by atoms with E-state index < -0.39 is 0 Å². The van der Waals surface area contributed by atoms with Gasteiger partial charge in [0, 0.05) is 39.2 Å². The van der Waals surface area contributed by atoms with Gasteiger partial charge in [-0.05, 0) is 6.07 Å². The van der Waals surface area contributed by atoms with Crippen molar-refractivity contribution in [3.63, 3.8) is 0 Å². The van der Waals surface area contributed by atoms with Gasteiger partial charge in [0.2, 0.25) is 5.91 Å². The minimum absolute atomic E-state index is 0.127. The molecule has 1 heterocycles. The third kappa shape index (κ3) is 3.61. The van der Waals surface area contributed by atoms with Crippen LogP contribution in [0, 0.1) is 0 Å². The Morgan fingerprint density at radius 3 is 2.89 bits per heavy atom. The number of hydrogen-bond donors (Lipinski definition) is 1. The highest BCUT2D eigenvalue weighted by atomic mass is 16.6. The second kappa shape index (κ2) is 6.43. The molecular weight excluding hydrogens is 244 g/mol. The molecule has 0 aromatic heterocycles. The Balaban J connectivity index is 1.85. The molecule has 5 nitrogen and oxygen atoms in total.